The lowest BCUT2D eigenvalue weighted by Crippen LogP contribution is -2.02. The molecule has 1 aromatic heterocycles. The third-order valence-electron chi connectivity index (χ3n) is 2.79. The minimum atomic E-state index is 0.520. The Balaban J connectivity index is 2.56. The number of hydrogen-bond donors (Lipinski definition) is 1. The highest BCUT2D eigenvalue weighted by Crippen LogP contribution is 2.25. The molecular formula is C13H16ClN3. The summed E-state index contributed by atoms with van der Waals surface area (Å²) in [7, 11) is 0. The number of nitrogens with zero attached hydrogens (tertiary/aromatic N) is 2. The highest BCUT2D eigenvalue weighted by atomic mass is 35.5. The lowest BCUT2D eigenvalue weighted by molar-refractivity contribution is 0.758. The van der Waals surface area contributed by atoms with Crippen LogP contribution in [-0.2, 0) is 6.42 Å². The van der Waals surface area contributed by atoms with Gasteiger partial charge in [0.2, 0.25) is 0 Å². The molecule has 0 saturated heterocycles. The number of rotatable bonds is 3. The quantitative estimate of drug-likeness (QED) is 0.906. The Morgan fingerprint density at radius 1 is 1.29 bits per heavy atom. The molecule has 2 rings (SSSR count). The summed E-state index contributed by atoms with van der Waals surface area (Å²) >= 11 is 6.01. The zero-order chi connectivity index (χ0) is 12.4. The maximum absolute atomic E-state index is 6.01. The number of unbranched alkanes of at least 4 members (excludes halogenated alkanes) is 1. The molecule has 0 bridgehead atoms. The van der Waals surface area contributed by atoms with E-state index in [-0.39, 0.29) is 0 Å². The fourth-order valence-electron chi connectivity index (χ4n) is 1.88. The molecule has 0 radical (unpaired) electrons. The van der Waals surface area contributed by atoms with E-state index in [1.54, 1.807) is 0 Å². The van der Waals surface area contributed by atoms with E-state index in [2.05, 4.69) is 16.9 Å². The highest BCUT2D eigenvalue weighted by Gasteiger charge is 2.08. The molecule has 0 aliphatic rings. The van der Waals surface area contributed by atoms with E-state index in [9.17, 15) is 0 Å². The van der Waals surface area contributed by atoms with Crippen LogP contribution in [0.15, 0.2) is 12.1 Å². The predicted octanol–water partition coefficient (Wildman–Crippen LogP) is 3.52. The second-order valence-electron chi connectivity index (χ2n) is 4.25. The number of benzene rings is 1. The molecule has 2 N–H and O–H groups in total. The maximum Gasteiger partial charge on any atom is 0.135 e. The van der Waals surface area contributed by atoms with Gasteiger partial charge in [-0.2, -0.15) is 0 Å². The SMILES string of the molecule is CCCCc1nc(N)c2cc(Cl)cc(C)c2n1. The van der Waals surface area contributed by atoms with Crippen molar-refractivity contribution in [3.63, 3.8) is 0 Å². The average Bonchev–Trinajstić information content (AvgIpc) is 2.28. The van der Waals surface area contributed by atoms with Gasteiger partial charge in [0.05, 0.1) is 5.52 Å². The van der Waals surface area contributed by atoms with Crippen LogP contribution < -0.4 is 5.73 Å². The molecule has 2 aromatic rings. The van der Waals surface area contributed by atoms with E-state index in [1.807, 2.05) is 19.1 Å². The Morgan fingerprint density at radius 2 is 2.06 bits per heavy atom. The van der Waals surface area contributed by atoms with E-state index in [0.29, 0.717) is 10.8 Å². The number of aromatic nitrogens is 2. The number of halogens is 1. The Morgan fingerprint density at radius 3 is 2.76 bits per heavy atom. The van der Waals surface area contributed by atoms with E-state index >= 15 is 0 Å². The molecule has 1 heterocycles. The van der Waals surface area contributed by atoms with Crippen LogP contribution >= 0.6 is 11.6 Å². The van der Waals surface area contributed by atoms with E-state index in [1.165, 1.54) is 0 Å². The standard InChI is InChI=1S/C13H16ClN3/c1-3-4-5-11-16-12-8(2)6-9(14)7-10(12)13(15)17-11/h6-7H,3-5H2,1-2H3,(H2,15,16,17). The fourth-order valence-corrected chi connectivity index (χ4v) is 2.15. The average molecular weight is 250 g/mol. The lowest BCUT2D eigenvalue weighted by Gasteiger charge is -2.07. The summed E-state index contributed by atoms with van der Waals surface area (Å²) in [6.45, 7) is 4.14. The van der Waals surface area contributed by atoms with Crippen LogP contribution in [0.3, 0.4) is 0 Å². The van der Waals surface area contributed by atoms with Crippen molar-refractivity contribution in [3.05, 3.63) is 28.5 Å². The third kappa shape index (κ3) is 2.50. The Bertz CT molecular complexity index is 552. The molecule has 1 aromatic carbocycles. The molecule has 3 nitrogen and oxygen atoms in total. The van der Waals surface area contributed by atoms with Gasteiger partial charge in [0.25, 0.3) is 0 Å². The number of nitrogens with two attached hydrogens (primary N) is 1. The van der Waals surface area contributed by atoms with Crippen molar-refractivity contribution in [2.24, 2.45) is 0 Å². The van der Waals surface area contributed by atoms with Gasteiger partial charge in [-0.25, -0.2) is 9.97 Å². The molecule has 4 heteroatoms. The first-order valence-electron chi connectivity index (χ1n) is 5.84. The van der Waals surface area contributed by atoms with Crippen LogP contribution in [0, 0.1) is 6.92 Å². The van der Waals surface area contributed by atoms with Gasteiger partial charge < -0.3 is 5.73 Å². The van der Waals surface area contributed by atoms with Crippen LogP contribution in [0.2, 0.25) is 5.02 Å². The molecule has 0 fully saturated rings. The van der Waals surface area contributed by atoms with Crippen LogP contribution in [0.5, 0.6) is 0 Å². The highest BCUT2D eigenvalue weighted by molar-refractivity contribution is 6.31. The van der Waals surface area contributed by atoms with E-state index in [4.69, 9.17) is 17.3 Å². The first-order valence-corrected chi connectivity index (χ1v) is 6.22. The van der Waals surface area contributed by atoms with Crippen molar-refractivity contribution in [1.29, 1.82) is 0 Å². The molecule has 0 unspecified atom stereocenters. The Labute approximate surface area is 106 Å². The van der Waals surface area contributed by atoms with Crippen molar-refractivity contribution < 1.29 is 0 Å². The topological polar surface area (TPSA) is 51.8 Å². The van der Waals surface area contributed by atoms with E-state index in [0.717, 1.165) is 41.6 Å². The molecule has 0 aliphatic carbocycles. The van der Waals surface area contributed by atoms with Crippen molar-refractivity contribution in [2.45, 2.75) is 33.1 Å². The van der Waals surface area contributed by atoms with Gasteiger partial charge in [0.15, 0.2) is 0 Å². The normalized spacial score (nSPS) is 11.0. The molecular weight excluding hydrogens is 234 g/mol. The van der Waals surface area contributed by atoms with Gasteiger partial charge in [-0.3, -0.25) is 0 Å². The molecule has 0 spiro atoms. The number of nitrogen functional groups attached to an aromatic ring is 1. The zero-order valence-electron chi connectivity index (χ0n) is 10.1. The van der Waals surface area contributed by atoms with Crippen molar-refractivity contribution in [1.82, 2.24) is 9.97 Å². The van der Waals surface area contributed by atoms with E-state index < -0.39 is 0 Å². The molecule has 0 saturated carbocycles. The molecule has 90 valence electrons. The number of hydrogen-bond acceptors (Lipinski definition) is 3. The molecule has 0 atom stereocenters. The third-order valence-corrected chi connectivity index (χ3v) is 3.00. The van der Waals surface area contributed by atoms with Crippen molar-refractivity contribution in [2.75, 3.05) is 5.73 Å². The lowest BCUT2D eigenvalue weighted by atomic mass is 10.1. The summed E-state index contributed by atoms with van der Waals surface area (Å²) in [5.41, 5.74) is 7.91. The first-order chi connectivity index (χ1) is 8.11. The van der Waals surface area contributed by atoms with Crippen molar-refractivity contribution in [3.8, 4) is 0 Å². The predicted molar refractivity (Wildman–Crippen MR) is 72.3 cm³/mol. The number of anilines is 1. The Hall–Kier alpha value is -1.35. The summed E-state index contributed by atoms with van der Waals surface area (Å²) in [5.74, 6) is 1.34. The van der Waals surface area contributed by atoms with Gasteiger partial charge in [-0.1, -0.05) is 24.9 Å². The zero-order valence-corrected chi connectivity index (χ0v) is 10.9. The van der Waals surface area contributed by atoms with Crippen LogP contribution in [0.4, 0.5) is 5.82 Å². The largest absolute Gasteiger partial charge is 0.383 e. The summed E-state index contributed by atoms with van der Waals surface area (Å²) < 4.78 is 0. The van der Waals surface area contributed by atoms with Gasteiger partial charge in [-0.05, 0) is 31.0 Å². The van der Waals surface area contributed by atoms with Gasteiger partial charge >= 0.3 is 0 Å². The fraction of sp³-hybridized carbons (Fsp3) is 0.385. The van der Waals surface area contributed by atoms with Gasteiger partial charge in [0, 0.05) is 16.8 Å². The van der Waals surface area contributed by atoms with Gasteiger partial charge in [0.1, 0.15) is 11.6 Å². The van der Waals surface area contributed by atoms with Crippen molar-refractivity contribution >= 4 is 28.3 Å². The van der Waals surface area contributed by atoms with Crippen LogP contribution in [0.1, 0.15) is 31.2 Å². The summed E-state index contributed by atoms with van der Waals surface area (Å²) in [6.07, 6.45) is 3.08. The summed E-state index contributed by atoms with van der Waals surface area (Å²) in [5, 5.41) is 1.52. The molecule has 0 amide bonds. The van der Waals surface area contributed by atoms with Gasteiger partial charge in [-0.15, -0.1) is 0 Å². The van der Waals surface area contributed by atoms with Crippen LogP contribution in [-0.4, -0.2) is 9.97 Å². The summed E-state index contributed by atoms with van der Waals surface area (Å²) in [6, 6.07) is 3.72. The summed E-state index contributed by atoms with van der Waals surface area (Å²) in [4.78, 5) is 8.89. The minimum Gasteiger partial charge on any atom is -0.383 e. The molecule has 0 aliphatic heterocycles. The smallest absolute Gasteiger partial charge is 0.135 e. The molecule has 17 heavy (non-hydrogen) atoms. The monoisotopic (exact) mass is 249 g/mol. The maximum atomic E-state index is 6.01. The number of fused-ring (bicyclic) bond motifs is 1. The second-order valence-corrected chi connectivity index (χ2v) is 4.68. The second kappa shape index (κ2) is 4.88. The first kappa shape index (κ1) is 12.1. The minimum absolute atomic E-state index is 0.520. The van der Waals surface area contributed by atoms with Crippen LogP contribution in [0.25, 0.3) is 10.9 Å². The Kier molecular flexibility index (Phi) is 3.48. The number of aryl methyl sites for hydroxylation is 2.